The summed E-state index contributed by atoms with van der Waals surface area (Å²) in [7, 11) is 0. The Morgan fingerprint density at radius 3 is 2.54 bits per heavy atom. The van der Waals surface area contributed by atoms with Crippen molar-refractivity contribution in [3.8, 4) is 5.69 Å². The number of amides is 1. The molecule has 1 heterocycles. The Morgan fingerprint density at radius 2 is 1.86 bits per heavy atom. The molecule has 0 saturated heterocycles. The molecule has 6 nitrogen and oxygen atoms in total. The first-order valence-corrected chi connectivity index (χ1v) is 10.0. The molecule has 0 aliphatic heterocycles. The van der Waals surface area contributed by atoms with Gasteiger partial charge in [-0.3, -0.25) is 4.79 Å². The molecule has 0 radical (unpaired) electrons. The number of aromatic nitrogens is 2. The quantitative estimate of drug-likeness (QED) is 0.799. The maximum absolute atomic E-state index is 12.7. The highest BCUT2D eigenvalue weighted by atomic mass is 16.5. The van der Waals surface area contributed by atoms with Crippen molar-refractivity contribution in [3.05, 3.63) is 47.3 Å². The van der Waals surface area contributed by atoms with E-state index in [1.54, 1.807) is 18.5 Å². The van der Waals surface area contributed by atoms with Crippen molar-refractivity contribution in [2.75, 3.05) is 0 Å². The number of rotatable bonds is 5. The highest BCUT2D eigenvalue weighted by Gasteiger charge is 2.28. The van der Waals surface area contributed by atoms with Crippen LogP contribution in [-0.4, -0.2) is 33.8 Å². The monoisotopic (exact) mass is 383 g/mol. The first-order valence-electron chi connectivity index (χ1n) is 10.0. The van der Waals surface area contributed by atoms with E-state index in [1.807, 2.05) is 37.3 Å². The predicted octanol–water partition coefficient (Wildman–Crippen LogP) is 3.73. The molecule has 2 aromatic rings. The van der Waals surface area contributed by atoms with Crippen LogP contribution in [0.25, 0.3) is 5.69 Å². The lowest BCUT2D eigenvalue weighted by atomic mass is 9.86. The molecule has 28 heavy (non-hydrogen) atoms. The van der Waals surface area contributed by atoms with Crippen molar-refractivity contribution in [1.29, 1.82) is 0 Å². The second kappa shape index (κ2) is 8.59. The third-order valence-electron chi connectivity index (χ3n) is 5.59. The van der Waals surface area contributed by atoms with E-state index in [9.17, 15) is 9.59 Å². The van der Waals surface area contributed by atoms with Crippen molar-refractivity contribution < 1.29 is 14.3 Å². The molecule has 1 aromatic heterocycles. The Labute approximate surface area is 166 Å². The number of para-hydroxylation sites is 1. The van der Waals surface area contributed by atoms with Crippen LogP contribution in [0, 0.1) is 19.8 Å². The van der Waals surface area contributed by atoms with Crippen LogP contribution in [0.1, 0.15) is 61.3 Å². The summed E-state index contributed by atoms with van der Waals surface area (Å²) in [5, 5.41) is 7.52. The SMILES string of the molecule is Cc1nn(-c2ccccc2)c(C)c1C(=O)O[C@H](C)C(=O)N[C@H]1CCCC[C@H]1C. The smallest absolute Gasteiger partial charge is 0.342 e. The fourth-order valence-corrected chi connectivity index (χ4v) is 3.86. The number of carbonyl (C=O) groups excluding carboxylic acids is 2. The summed E-state index contributed by atoms with van der Waals surface area (Å²) >= 11 is 0. The minimum atomic E-state index is -0.847. The highest BCUT2D eigenvalue weighted by Crippen LogP contribution is 2.24. The number of nitrogens with one attached hydrogen (secondary N) is 1. The number of benzene rings is 1. The Hall–Kier alpha value is -2.63. The van der Waals surface area contributed by atoms with E-state index in [-0.39, 0.29) is 11.9 Å². The van der Waals surface area contributed by atoms with E-state index in [0.717, 1.165) is 24.9 Å². The van der Waals surface area contributed by atoms with Gasteiger partial charge in [-0.2, -0.15) is 5.10 Å². The van der Waals surface area contributed by atoms with Crippen molar-refractivity contribution in [2.24, 2.45) is 5.92 Å². The van der Waals surface area contributed by atoms with Crippen LogP contribution in [0.5, 0.6) is 0 Å². The third kappa shape index (κ3) is 4.26. The standard InChI is InChI=1S/C22H29N3O3/c1-14-10-8-9-13-19(14)23-21(26)17(4)28-22(27)20-15(2)24-25(16(20)3)18-11-6-5-7-12-18/h5-7,11-12,14,17,19H,8-10,13H2,1-4H3,(H,23,26)/t14-,17-,19+/m1/s1. The lowest BCUT2D eigenvalue weighted by Gasteiger charge is -2.30. The fraction of sp³-hybridized carbons (Fsp3) is 0.500. The Balaban J connectivity index is 1.69. The molecule has 0 spiro atoms. The Bertz CT molecular complexity index is 844. The lowest BCUT2D eigenvalue weighted by Crippen LogP contribution is -2.46. The molecule has 1 aliphatic carbocycles. The molecule has 0 unspecified atom stereocenters. The van der Waals surface area contributed by atoms with Crippen LogP contribution in [-0.2, 0) is 9.53 Å². The summed E-state index contributed by atoms with van der Waals surface area (Å²) in [6, 6.07) is 9.78. The average Bonchev–Trinajstić information content (AvgIpc) is 2.98. The van der Waals surface area contributed by atoms with Crippen LogP contribution in [0.4, 0.5) is 0 Å². The molecular formula is C22H29N3O3. The molecule has 1 fully saturated rings. The van der Waals surface area contributed by atoms with Gasteiger partial charge >= 0.3 is 5.97 Å². The van der Waals surface area contributed by atoms with E-state index in [0.29, 0.717) is 22.9 Å². The van der Waals surface area contributed by atoms with Gasteiger partial charge in [0, 0.05) is 6.04 Å². The third-order valence-corrected chi connectivity index (χ3v) is 5.59. The number of aryl methyl sites for hydroxylation is 1. The molecule has 1 aromatic carbocycles. The van der Waals surface area contributed by atoms with Crippen LogP contribution in [0.15, 0.2) is 30.3 Å². The molecule has 3 atom stereocenters. The molecule has 1 aliphatic rings. The van der Waals surface area contributed by atoms with Gasteiger partial charge in [0.2, 0.25) is 0 Å². The second-order valence-corrected chi connectivity index (χ2v) is 7.72. The van der Waals surface area contributed by atoms with Gasteiger partial charge in [-0.25, -0.2) is 9.48 Å². The van der Waals surface area contributed by atoms with Gasteiger partial charge in [0.25, 0.3) is 5.91 Å². The molecular weight excluding hydrogens is 354 g/mol. The first-order chi connectivity index (χ1) is 13.4. The van der Waals surface area contributed by atoms with Gasteiger partial charge in [0.1, 0.15) is 5.56 Å². The number of ether oxygens (including phenoxy) is 1. The molecule has 1 saturated carbocycles. The normalized spacial score (nSPS) is 20.4. The zero-order valence-electron chi connectivity index (χ0n) is 17.1. The number of hydrogen-bond acceptors (Lipinski definition) is 4. The van der Waals surface area contributed by atoms with Gasteiger partial charge in [-0.1, -0.05) is 38.0 Å². The van der Waals surface area contributed by atoms with E-state index < -0.39 is 12.1 Å². The maximum Gasteiger partial charge on any atom is 0.342 e. The summed E-state index contributed by atoms with van der Waals surface area (Å²) in [4.78, 5) is 25.3. The van der Waals surface area contributed by atoms with Crippen LogP contribution in [0.2, 0.25) is 0 Å². The minimum Gasteiger partial charge on any atom is -0.449 e. The van der Waals surface area contributed by atoms with Gasteiger partial charge in [0.05, 0.1) is 17.1 Å². The van der Waals surface area contributed by atoms with Gasteiger partial charge in [0.15, 0.2) is 6.10 Å². The van der Waals surface area contributed by atoms with Crippen LogP contribution in [0.3, 0.4) is 0 Å². The second-order valence-electron chi connectivity index (χ2n) is 7.72. The number of carbonyl (C=O) groups is 2. The predicted molar refractivity (Wildman–Crippen MR) is 107 cm³/mol. The van der Waals surface area contributed by atoms with E-state index in [1.165, 1.54) is 6.42 Å². The lowest BCUT2D eigenvalue weighted by molar-refractivity contribution is -0.130. The first kappa shape index (κ1) is 20.1. The van der Waals surface area contributed by atoms with Crippen LogP contribution >= 0.6 is 0 Å². The highest BCUT2D eigenvalue weighted by molar-refractivity contribution is 5.94. The fourth-order valence-electron chi connectivity index (χ4n) is 3.86. The molecule has 1 amide bonds. The summed E-state index contributed by atoms with van der Waals surface area (Å²) in [6.45, 7) is 7.38. The number of hydrogen-bond donors (Lipinski definition) is 1. The van der Waals surface area contributed by atoms with E-state index in [4.69, 9.17) is 4.74 Å². The van der Waals surface area contributed by atoms with Crippen molar-refractivity contribution in [2.45, 2.75) is 65.5 Å². The van der Waals surface area contributed by atoms with Crippen LogP contribution < -0.4 is 5.32 Å². The van der Waals surface area contributed by atoms with Gasteiger partial charge < -0.3 is 10.1 Å². The minimum absolute atomic E-state index is 0.159. The number of esters is 1. The Kier molecular flexibility index (Phi) is 6.17. The van der Waals surface area contributed by atoms with Gasteiger partial charge in [-0.05, 0) is 51.7 Å². The summed E-state index contributed by atoms with van der Waals surface area (Å²) < 4.78 is 7.20. The zero-order valence-corrected chi connectivity index (χ0v) is 17.1. The van der Waals surface area contributed by atoms with E-state index >= 15 is 0 Å². The largest absolute Gasteiger partial charge is 0.449 e. The number of nitrogens with zero attached hydrogens (tertiary/aromatic N) is 2. The summed E-state index contributed by atoms with van der Waals surface area (Å²) in [5.74, 6) is -0.302. The van der Waals surface area contributed by atoms with E-state index in [2.05, 4.69) is 17.3 Å². The molecule has 1 N–H and O–H groups in total. The summed E-state index contributed by atoms with van der Waals surface area (Å²) in [6.07, 6.45) is 3.59. The molecule has 6 heteroatoms. The summed E-state index contributed by atoms with van der Waals surface area (Å²) in [5.41, 5.74) is 2.57. The maximum atomic E-state index is 12.7. The Morgan fingerprint density at radius 1 is 1.18 bits per heavy atom. The molecule has 150 valence electrons. The zero-order chi connectivity index (χ0) is 20.3. The topological polar surface area (TPSA) is 73.2 Å². The molecule has 3 rings (SSSR count). The average molecular weight is 383 g/mol. The van der Waals surface area contributed by atoms with Crippen molar-refractivity contribution >= 4 is 11.9 Å². The molecule has 0 bridgehead atoms. The van der Waals surface area contributed by atoms with Crippen molar-refractivity contribution in [1.82, 2.24) is 15.1 Å². The van der Waals surface area contributed by atoms with Gasteiger partial charge in [-0.15, -0.1) is 0 Å². The van der Waals surface area contributed by atoms with Crippen molar-refractivity contribution in [3.63, 3.8) is 0 Å².